The molecule has 3 aromatic rings. The Bertz CT molecular complexity index is 816. The predicted octanol–water partition coefficient (Wildman–Crippen LogP) is 3.18. The number of nitrogens with zero attached hydrogens (tertiary/aromatic N) is 2. The van der Waals surface area contributed by atoms with Crippen LogP contribution in [0.2, 0.25) is 0 Å². The van der Waals surface area contributed by atoms with Crippen LogP contribution >= 0.6 is 0 Å². The van der Waals surface area contributed by atoms with Crippen molar-refractivity contribution in [2.75, 3.05) is 23.8 Å². The number of rotatable bonds is 6. The second kappa shape index (κ2) is 7.45. The molecular weight excluding hydrogens is 306 g/mol. The molecule has 1 amide bonds. The molecule has 124 valence electrons. The topological polar surface area (TPSA) is 91.9 Å². The Kier molecular flexibility index (Phi) is 4.90. The molecule has 0 saturated carbocycles. The fourth-order valence-corrected chi connectivity index (χ4v) is 2.38. The van der Waals surface area contributed by atoms with Crippen LogP contribution in [-0.2, 0) is 11.2 Å². The number of fused-ring (bicyclic) bond motifs is 1. The van der Waals surface area contributed by atoms with E-state index in [4.69, 9.17) is 4.74 Å². The van der Waals surface area contributed by atoms with Gasteiger partial charge in [0.05, 0.1) is 18.6 Å². The van der Waals surface area contributed by atoms with Gasteiger partial charge in [-0.25, -0.2) is 14.8 Å². The Hall–Kier alpha value is -3.09. The molecule has 0 aliphatic heterocycles. The largest absolute Gasteiger partial charge is 0.450 e. The van der Waals surface area contributed by atoms with E-state index in [1.165, 1.54) is 5.56 Å². The minimum Gasteiger partial charge on any atom is -0.450 e. The highest BCUT2D eigenvalue weighted by Crippen LogP contribution is 2.22. The highest BCUT2D eigenvalue weighted by molar-refractivity contribution is 5.91. The zero-order chi connectivity index (χ0) is 16.8. The SMILES string of the molecule is CCOC(=O)Nc1cc(NCCc2ccccc2)c2nc[nH]c2n1. The minimum absolute atomic E-state index is 0.306. The summed E-state index contributed by atoms with van der Waals surface area (Å²) in [5.74, 6) is 0.410. The first-order chi connectivity index (χ1) is 11.8. The number of hydrogen-bond donors (Lipinski definition) is 3. The Morgan fingerprint density at radius 1 is 1.29 bits per heavy atom. The number of benzene rings is 1. The molecule has 24 heavy (non-hydrogen) atoms. The molecule has 3 rings (SSSR count). The third-order valence-electron chi connectivity index (χ3n) is 3.47. The number of aromatic amines is 1. The van der Waals surface area contributed by atoms with Gasteiger partial charge in [0.1, 0.15) is 11.3 Å². The smallest absolute Gasteiger partial charge is 0.412 e. The van der Waals surface area contributed by atoms with E-state index in [0.717, 1.165) is 24.2 Å². The van der Waals surface area contributed by atoms with Gasteiger partial charge >= 0.3 is 6.09 Å². The highest BCUT2D eigenvalue weighted by Gasteiger charge is 2.10. The monoisotopic (exact) mass is 325 g/mol. The van der Waals surface area contributed by atoms with E-state index in [2.05, 4.69) is 37.7 Å². The molecule has 0 unspecified atom stereocenters. The zero-order valence-electron chi connectivity index (χ0n) is 13.4. The van der Waals surface area contributed by atoms with Crippen LogP contribution in [0, 0.1) is 0 Å². The summed E-state index contributed by atoms with van der Waals surface area (Å²) in [5.41, 5.74) is 3.40. The van der Waals surface area contributed by atoms with Crippen LogP contribution in [0.15, 0.2) is 42.7 Å². The van der Waals surface area contributed by atoms with Gasteiger partial charge in [0, 0.05) is 12.6 Å². The predicted molar refractivity (Wildman–Crippen MR) is 93.2 cm³/mol. The molecule has 1 aromatic carbocycles. The summed E-state index contributed by atoms with van der Waals surface area (Å²) in [4.78, 5) is 23.1. The molecule has 0 spiro atoms. The standard InChI is InChI=1S/C17H19N5O2/c1-2-24-17(23)22-14-10-13(15-16(21-14)20-11-19-15)18-9-8-12-6-4-3-5-7-12/h3-7,10-11H,2,8-9H2,1H3,(H3,18,19,20,21,22,23). The number of nitrogens with one attached hydrogen (secondary N) is 3. The molecule has 0 aliphatic rings. The zero-order valence-corrected chi connectivity index (χ0v) is 13.4. The van der Waals surface area contributed by atoms with Crippen LogP contribution < -0.4 is 10.6 Å². The number of carbonyl (C=O) groups is 1. The van der Waals surface area contributed by atoms with Crippen LogP contribution in [0.4, 0.5) is 16.3 Å². The molecule has 0 fully saturated rings. The number of hydrogen-bond acceptors (Lipinski definition) is 5. The van der Waals surface area contributed by atoms with Gasteiger partial charge in [-0.2, -0.15) is 0 Å². The molecule has 2 heterocycles. The Morgan fingerprint density at radius 2 is 2.12 bits per heavy atom. The van der Waals surface area contributed by atoms with Gasteiger partial charge in [-0.3, -0.25) is 5.32 Å². The number of H-pyrrole nitrogens is 1. The van der Waals surface area contributed by atoms with Crippen molar-refractivity contribution in [2.45, 2.75) is 13.3 Å². The van der Waals surface area contributed by atoms with E-state index in [9.17, 15) is 4.79 Å². The summed E-state index contributed by atoms with van der Waals surface area (Å²) in [6.45, 7) is 2.80. The molecule has 7 nitrogen and oxygen atoms in total. The van der Waals surface area contributed by atoms with Gasteiger partial charge in [-0.05, 0) is 18.9 Å². The summed E-state index contributed by atoms with van der Waals surface area (Å²) >= 11 is 0. The van der Waals surface area contributed by atoms with E-state index < -0.39 is 6.09 Å². The summed E-state index contributed by atoms with van der Waals surface area (Å²) in [6, 6.07) is 12.0. The molecule has 0 aliphatic carbocycles. The number of carbonyl (C=O) groups excluding carboxylic acids is 1. The van der Waals surface area contributed by atoms with E-state index in [0.29, 0.717) is 18.1 Å². The summed E-state index contributed by atoms with van der Waals surface area (Å²) < 4.78 is 4.88. The lowest BCUT2D eigenvalue weighted by molar-refractivity contribution is 0.168. The van der Waals surface area contributed by atoms with Gasteiger partial charge in [-0.15, -0.1) is 0 Å². The third kappa shape index (κ3) is 3.81. The summed E-state index contributed by atoms with van der Waals surface area (Å²) in [7, 11) is 0. The third-order valence-corrected chi connectivity index (χ3v) is 3.47. The molecule has 7 heteroatoms. The second-order valence-corrected chi connectivity index (χ2v) is 5.16. The quantitative estimate of drug-likeness (QED) is 0.647. The molecule has 3 N–H and O–H groups in total. The van der Waals surface area contributed by atoms with Crippen molar-refractivity contribution in [3.8, 4) is 0 Å². The van der Waals surface area contributed by atoms with Crippen LogP contribution in [0.3, 0.4) is 0 Å². The van der Waals surface area contributed by atoms with E-state index in [1.807, 2.05) is 18.2 Å². The lowest BCUT2D eigenvalue weighted by Crippen LogP contribution is -2.15. The number of amides is 1. The number of anilines is 2. The van der Waals surface area contributed by atoms with Crippen molar-refractivity contribution in [3.63, 3.8) is 0 Å². The van der Waals surface area contributed by atoms with Gasteiger partial charge in [-0.1, -0.05) is 30.3 Å². The van der Waals surface area contributed by atoms with E-state index >= 15 is 0 Å². The van der Waals surface area contributed by atoms with Crippen LogP contribution in [0.25, 0.3) is 11.2 Å². The minimum atomic E-state index is -0.529. The van der Waals surface area contributed by atoms with E-state index in [1.54, 1.807) is 19.3 Å². The maximum Gasteiger partial charge on any atom is 0.412 e. The highest BCUT2D eigenvalue weighted by atomic mass is 16.5. The van der Waals surface area contributed by atoms with E-state index in [-0.39, 0.29) is 0 Å². The Balaban J connectivity index is 1.73. The lowest BCUT2D eigenvalue weighted by atomic mass is 10.1. The molecule has 0 atom stereocenters. The molecule has 2 aromatic heterocycles. The molecule has 0 bridgehead atoms. The lowest BCUT2D eigenvalue weighted by Gasteiger charge is -2.10. The van der Waals surface area contributed by atoms with Gasteiger partial charge in [0.2, 0.25) is 0 Å². The Morgan fingerprint density at radius 3 is 2.92 bits per heavy atom. The number of aromatic nitrogens is 3. The molecule has 0 radical (unpaired) electrons. The van der Waals surface area contributed by atoms with Crippen LogP contribution in [0.5, 0.6) is 0 Å². The van der Waals surface area contributed by atoms with Crippen molar-refractivity contribution in [1.82, 2.24) is 15.0 Å². The fourth-order valence-electron chi connectivity index (χ4n) is 2.38. The molecule has 0 saturated heterocycles. The number of ether oxygens (including phenoxy) is 1. The van der Waals surface area contributed by atoms with Crippen molar-refractivity contribution in [3.05, 3.63) is 48.3 Å². The van der Waals surface area contributed by atoms with Crippen molar-refractivity contribution in [2.24, 2.45) is 0 Å². The second-order valence-electron chi connectivity index (χ2n) is 5.16. The maximum absolute atomic E-state index is 11.6. The molecular formula is C17H19N5O2. The first kappa shape index (κ1) is 15.8. The van der Waals surface area contributed by atoms with Crippen LogP contribution in [-0.4, -0.2) is 34.2 Å². The van der Waals surface area contributed by atoms with Crippen molar-refractivity contribution in [1.29, 1.82) is 0 Å². The normalized spacial score (nSPS) is 10.5. The van der Waals surface area contributed by atoms with Crippen LogP contribution in [0.1, 0.15) is 12.5 Å². The summed E-state index contributed by atoms with van der Waals surface area (Å²) in [6.07, 6.45) is 1.93. The fraction of sp³-hybridized carbons (Fsp3) is 0.235. The Labute approximate surface area is 139 Å². The van der Waals surface area contributed by atoms with Gasteiger partial charge in [0.15, 0.2) is 5.65 Å². The first-order valence-electron chi connectivity index (χ1n) is 7.82. The van der Waals surface area contributed by atoms with Gasteiger partial charge < -0.3 is 15.0 Å². The number of pyridine rings is 1. The summed E-state index contributed by atoms with van der Waals surface area (Å²) in [5, 5.41) is 5.97. The first-order valence-corrected chi connectivity index (χ1v) is 7.82. The van der Waals surface area contributed by atoms with Crippen molar-refractivity contribution < 1.29 is 9.53 Å². The number of imidazole rings is 1. The van der Waals surface area contributed by atoms with Gasteiger partial charge in [0.25, 0.3) is 0 Å². The maximum atomic E-state index is 11.6. The average molecular weight is 325 g/mol. The average Bonchev–Trinajstić information content (AvgIpc) is 3.04. The van der Waals surface area contributed by atoms with Crippen molar-refractivity contribution >= 4 is 28.8 Å².